The van der Waals surface area contributed by atoms with Crippen LogP contribution >= 0.6 is 11.3 Å². The predicted molar refractivity (Wildman–Crippen MR) is 83.7 cm³/mol. The molecule has 0 unspecified atom stereocenters. The summed E-state index contributed by atoms with van der Waals surface area (Å²) in [6.45, 7) is 8.91. The van der Waals surface area contributed by atoms with Crippen LogP contribution < -0.4 is 0 Å². The summed E-state index contributed by atoms with van der Waals surface area (Å²) in [6.07, 6.45) is 1.52. The van der Waals surface area contributed by atoms with Crippen LogP contribution in [0, 0.1) is 6.92 Å². The number of nitrogens with zero attached hydrogens (tertiary/aromatic N) is 3. The van der Waals surface area contributed by atoms with Crippen molar-refractivity contribution < 1.29 is 9.47 Å². The van der Waals surface area contributed by atoms with Crippen molar-refractivity contribution in [3.05, 3.63) is 16.1 Å². The third kappa shape index (κ3) is 3.81. The number of methoxy groups -OCH3 is 1. The zero-order valence-electron chi connectivity index (χ0n) is 13.0. The van der Waals surface area contributed by atoms with Gasteiger partial charge in [-0.25, -0.2) is 4.98 Å². The lowest BCUT2D eigenvalue weighted by molar-refractivity contribution is -0.107. The molecule has 2 aliphatic heterocycles. The minimum absolute atomic E-state index is 0.393. The highest BCUT2D eigenvalue weighted by atomic mass is 32.1. The predicted octanol–water partition coefficient (Wildman–Crippen LogP) is 1.37. The van der Waals surface area contributed by atoms with Crippen LogP contribution in [0.1, 0.15) is 17.1 Å². The van der Waals surface area contributed by atoms with Crippen molar-refractivity contribution in [3.8, 4) is 0 Å². The molecule has 6 heteroatoms. The fraction of sp³-hybridized carbons (Fsp3) is 0.800. The Balaban J connectivity index is 1.59. The second-order valence-corrected chi connectivity index (χ2v) is 6.85. The maximum atomic E-state index is 5.97. The monoisotopic (exact) mass is 311 g/mol. The molecule has 0 spiro atoms. The molecular weight excluding hydrogens is 286 g/mol. The lowest BCUT2D eigenvalue weighted by Gasteiger charge is -2.47. The molecule has 2 fully saturated rings. The lowest BCUT2D eigenvalue weighted by atomic mass is 9.98. The largest absolute Gasteiger partial charge is 0.383 e. The van der Waals surface area contributed by atoms with Crippen LogP contribution in [-0.2, 0) is 16.0 Å². The summed E-state index contributed by atoms with van der Waals surface area (Å²) >= 11 is 1.77. The summed E-state index contributed by atoms with van der Waals surface area (Å²) < 4.78 is 11.2. The van der Waals surface area contributed by atoms with Gasteiger partial charge in [-0.15, -0.1) is 11.3 Å². The van der Waals surface area contributed by atoms with Gasteiger partial charge < -0.3 is 9.47 Å². The third-order valence-corrected chi connectivity index (χ3v) is 5.34. The molecule has 2 aliphatic rings. The van der Waals surface area contributed by atoms with Crippen LogP contribution in [0.4, 0.5) is 0 Å². The number of morpholine rings is 1. The van der Waals surface area contributed by atoms with Gasteiger partial charge in [-0.3, -0.25) is 9.80 Å². The quantitative estimate of drug-likeness (QED) is 0.821. The summed E-state index contributed by atoms with van der Waals surface area (Å²) in [7, 11) is 1.77. The normalized spacial score (nSPS) is 27.7. The number of aromatic nitrogens is 1. The number of fused-ring (bicyclic) bond motifs is 1. The van der Waals surface area contributed by atoms with E-state index in [0.29, 0.717) is 12.1 Å². The number of hydrogen-bond donors (Lipinski definition) is 0. The van der Waals surface area contributed by atoms with Crippen molar-refractivity contribution in [1.29, 1.82) is 0 Å². The molecule has 0 bridgehead atoms. The smallest absolute Gasteiger partial charge is 0.107 e. The van der Waals surface area contributed by atoms with Gasteiger partial charge in [-0.2, -0.15) is 0 Å². The van der Waals surface area contributed by atoms with E-state index >= 15 is 0 Å². The number of thiazole rings is 1. The molecule has 5 nitrogen and oxygen atoms in total. The fourth-order valence-electron chi connectivity index (χ4n) is 3.30. The molecule has 0 aliphatic carbocycles. The van der Waals surface area contributed by atoms with Crippen LogP contribution in [0.3, 0.4) is 0 Å². The van der Waals surface area contributed by atoms with E-state index in [1.165, 1.54) is 5.01 Å². The maximum Gasteiger partial charge on any atom is 0.107 e. The minimum atomic E-state index is 0.393. The van der Waals surface area contributed by atoms with E-state index in [-0.39, 0.29) is 0 Å². The molecular formula is C15H25N3O2S. The highest BCUT2D eigenvalue weighted by Crippen LogP contribution is 2.24. The average Bonchev–Trinajstić information content (AvgIpc) is 2.90. The Morgan fingerprint density at radius 2 is 2.38 bits per heavy atom. The molecule has 0 N–H and O–H groups in total. The molecule has 3 heterocycles. The highest BCUT2D eigenvalue weighted by molar-refractivity contribution is 7.09. The number of hydrogen-bond acceptors (Lipinski definition) is 6. The first-order chi connectivity index (χ1) is 10.3. The molecule has 1 aromatic rings. The second kappa shape index (κ2) is 7.15. The molecule has 2 saturated heterocycles. The fourth-order valence-corrected chi connectivity index (χ4v) is 4.12. The molecule has 1 aromatic heterocycles. The van der Waals surface area contributed by atoms with Crippen LogP contribution in [0.15, 0.2) is 5.38 Å². The van der Waals surface area contributed by atoms with E-state index in [1.807, 2.05) is 0 Å². The molecule has 0 amide bonds. The first-order valence-corrected chi connectivity index (χ1v) is 8.62. The van der Waals surface area contributed by atoms with Gasteiger partial charge in [-0.1, -0.05) is 0 Å². The van der Waals surface area contributed by atoms with E-state index in [0.717, 1.165) is 58.1 Å². The number of ether oxygens (including phenoxy) is 2. The first kappa shape index (κ1) is 15.4. The third-order valence-electron chi connectivity index (χ3n) is 4.39. The van der Waals surface area contributed by atoms with Gasteiger partial charge >= 0.3 is 0 Å². The van der Waals surface area contributed by atoms with E-state index in [9.17, 15) is 0 Å². The van der Waals surface area contributed by atoms with Gasteiger partial charge in [-0.05, 0) is 13.3 Å². The van der Waals surface area contributed by atoms with Crippen molar-refractivity contribution in [2.75, 3.05) is 46.5 Å². The van der Waals surface area contributed by atoms with Crippen molar-refractivity contribution in [3.63, 3.8) is 0 Å². The topological polar surface area (TPSA) is 37.8 Å². The zero-order valence-corrected chi connectivity index (χ0v) is 13.8. The molecule has 118 valence electrons. The molecule has 0 aromatic carbocycles. The van der Waals surface area contributed by atoms with Crippen molar-refractivity contribution in [2.24, 2.45) is 0 Å². The molecule has 2 atom stereocenters. The first-order valence-electron chi connectivity index (χ1n) is 7.74. The number of likely N-dealkylation sites (tertiary alicyclic amines) is 1. The maximum absolute atomic E-state index is 5.97. The zero-order chi connectivity index (χ0) is 14.7. The van der Waals surface area contributed by atoms with Gasteiger partial charge in [0.15, 0.2) is 0 Å². The van der Waals surface area contributed by atoms with Crippen molar-refractivity contribution in [1.82, 2.24) is 14.8 Å². The summed E-state index contributed by atoms with van der Waals surface area (Å²) in [6, 6.07) is 0.503. The Labute approximate surface area is 130 Å². The summed E-state index contributed by atoms with van der Waals surface area (Å²) in [5, 5.41) is 3.36. The Kier molecular flexibility index (Phi) is 5.24. The Morgan fingerprint density at radius 1 is 1.48 bits per heavy atom. The van der Waals surface area contributed by atoms with Crippen molar-refractivity contribution in [2.45, 2.75) is 32.0 Å². The molecule has 21 heavy (non-hydrogen) atoms. The van der Waals surface area contributed by atoms with E-state index in [1.54, 1.807) is 18.4 Å². The van der Waals surface area contributed by atoms with Crippen LogP contribution in [-0.4, -0.2) is 73.4 Å². The van der Waals surface area contributed by atoms with Crippen LogP contribution in [0.5, 0.6) is 0 Å². The molecule has 0 saturated carbocycles. The second-order valence-electron chi connectivity index (χ2n) is 5.91. The van der Waals surface area contributed by atoms with Gasteiger partial charge in [0.1, 0.15) is 5.01 Å². The number of aryl methyl sites for hydroxylation is 1. The Hall–Kier alpha value is -0.530. The Morgan fingerprint density at radius 3 is 3.14 bits per heavy atom. The minimum Gasteiger partial charge on any atom is -0.383 e. The van der Waals surface area contributed by atoms with E-state index < -0.39 is 0 Å². The lowest BCUT2D eigenvalue weighted by Crippen LogP contribution is -2.60. The summed E-state index contributed by atoms with van der Waals surface area (Å²) in [5.41, 5.74) is 1.13. The Bertz CT molecular complexity index is 454. The van der Waals surface area contributed by atoms with E-state index in [4.69, 9.17) is 9.47 Å². The SMILES string of the molecule is COCCN1CCO[C@H]2CCN(Cc3nc(C)cs3)C[C@@H]21. The van der Waals surface area contributed by atoms with Gasteiger partial charge in [0.25, 0.3) is 0 Å². The molecule has 3 rings (SSSR count). The van der Waals surface area contributed by atoms with Crippen LogP contribution in [0.2, 0.25) is 0 Å². The van der Waals surface area contributed by atoms with Gasteiger partial charge in [0.2, 0.25) is 0 Å². The van der Waals surface area contributed by atoms with Gasteiger partial charge in [0, 0.05) is 50.4 Å². The number of piperidine rings is 1. The number of rotatable bonds is 5. The molecule has 0 radical (unpaired) electrons. The van der Waals surface area contributed by atoms with Gasteiger partial charge in [0.05, 0.1) is 25.9 Å². The standard InChI is InChI=1S/C15H25N3O2S/c1-12-11-21-15(16-12)10-17-4-3-14-13(9-17)18(5-7-19-2)6-8-20-14/h11,13-14H,3-10H2,1-2H3/t13-,14-/m0/s1. The highest BCUT2D eigenvalue weighted by Gasteiger charge is 2.36. The summed E-state index contributed by atoms with van der Waals surface area (Å²) in [5.74, 6) is 0. The van der Waals surface area contributed by atoms with E-state index in [2.05, 4.69) is 27.1 Å². The van der Waals surface area contributed by atoms with Crippen LogP contribution in [0.25, 0.3) is 0 Å². The van der Waals surface area contributed by atoms with Crippen molar-refractivity contribution >= 4 is 11.3 Å². The average molecular weight is 311 g/mol. The summed E-state index contributed by atoms with van der Waals surface area (Å²) in [4.78, 5) is 9.65.